The van der Waals surface area contributed by atoms with E-state index in [1.165, 1.54) is 0 Å². The van der Waals surface area contributed by atoms with Gasteiger partial charge in [-0.3, -0.25) is 9.89 Å². The number of benzene rings is 1. The highest BCUT2D eigenvalue weighted by Gasteiger charge is 2.16. The summed E-state index contributed by atoms with van der Waals surface area (Å²) in [5.41, 5.74) is 7.17. The first-order valence-electron chi connectivity index (χ1n) is 12.6. The zero-order chi connectivity index (χ0) is 26.6. The zero-order valence-corrected chi connectivity index (χ0v) is 21.9. The molecule has 5 aromatic rings. The molecule has 1 atom stereocenters. The third-order valence-corrected chi connectivity index (χ3v) is 6.27. The number of pyridine rings is 1. The number of rotatable bonds is 8. The average molecular weight is 507 g/mol. The van der Waals surface area contributed by atoms with E-state index < -0.39 is 0 Å². The van der Waals surface area contributed by atoms with Crippen molar-refractivity contribution >= 4 is 5.91 Å². The molecule has 5 rings (SSSR count). The summed E-state index contributed by atoms with van der Waals surface area (Å²) in [5, 5.41) is 14.7. The largest absolute Gasteiger partial charge is 0.345 e. The lowest BCUT2D eigenvalue weighted by Crippen LogP contribution is -2.28. The minimum absolute atomic E-state index is 0.144. The second kappa shape index (κ2) is 10.8. The number of carbonyl (C=O) groups is 1. The van der Waals surface area contributed by atoms with E-state index in [0.717, 1.165) is 51.7 Å². The minimum Gasteiger partial charge on any atom is -0.345 e. The Morgan fingerprint density at radius 3 is 2.45 bits per heavy atom. The van der Waals surface area contributed by atoms with Crippen molar-refractivity contribution in [1.29, 1.82) is 0 Å². The Balaban J connectivity index is 1.28. The second-order valence-corrected chi connectivity index (χ2v) is 9.47. The Morgan fingerprint density at radius 1 is 1.00 bits per heavy atom. The van der Waals surface area contributed by atoms with Crippen LogP contribution >= 0.6 is 0 Å². The van der Waals surface area contributed by atoms with E-state index in [9.17, 15) is 4.79 Å². The molecule has 0 saturated carbocycles. The number of hydrogen-bond acceptors (Lipinski definition) is 6. The zero-order valence-electron chi connectivity index (χ0n) is 21.9. The molecule has 0 aliphatic heterocycles. The Kier molecular flexibility index (Phi) is 7.08. The van der Waals surface area contributed by atoms with E-state index in [2.05, 4.69) is 30.6 Å². The molecule has 4 aromatic heterocycles. The standard InChI is InChI=1S/C29H30N8O/c1-5-26(23-10-11-27(30-16-23)37-17-18(2)15-31-37)34-29(38)22-8-6-21(7-9-22)28-32-19(3)12-24(33-28)14-25-13-20(4)35-36-25/h6-13,15-17,26H,5,14H2,1-4H3,(H,34,38)(H,35,36)/t26-/m1/s1. The minimum atomic E-state index is -0.156. The van der Waals surface area contributed by atoms with Gasteiger partial charge in [-0.15, -0.1) is 0 Å². The van der Waals surface area contributed by atoms with E-state index in [-0.39, 0.29) is 11.9 Å². The molecule has 192 valence electrons. The number of H-pyrrole nitrogens is 1. The lowest BCUT2D eigenvalue weighted by molar-refractivity contribution is 0.0935. The number of aromatic amines is 1. The molecule has 1 aromatic carbocycles. The van der Waals surface area contributed by atoms with Gasteiger partial charge in [0.15, 0.2) is 11.6 Å². The number of amides is 1. The summed E-state index contributed by atoms with van der Waals surface area (Å²) in [6.45, 7) is 7.95. The van der Waals surface area contributed by atoms with Crippen LogP contribution in [0, 0.1) is 20.8 Å². The van der Waals surface area contributed by atoms with Gasteiger partial charge in [0, 0.05) is 41.3 Å². The molecule has 0 aliphatic carbocycles. The van der Waals surface area contributed by atoms with E-state index >= 15 is 0 Å². The summed E-state index contributed by atoms with van der Waals surface area (Å²) in [4.78, 5) is 26.9. The maximum absolute atomic E-state index is 13.1. The van der Waals surface area contributed by atoms with Crippen molar-refractivity contribution in [2.45, 2.75) is 46.6 Å². The van der Waals surface area contributed by atoms with Crippen LogP contribution in [-0.2, 0) is 6.42 Å². The fourth-order valence-electron chi connectivity index (χ4n) is 4.31. The van der Waals surface area contributed by atoms with Gasteiger partial charge in [0.25, 0.3) is 5.91 Å². The van der Waals surface area contributed by atoms with Crippen LogP contribution in [0.2, 0.25) is 0 Å². The topological polar surface area (TPSA) is 114 Å². The van der Waals surface area contributed by atoms with Gasteiger partial charge in [0.1, 0.15) is 0 Å². The van der Waals surface area contributed by atoms with Gasteiger partial charge in [-0.05, 0) is 68.7 Å². The Morgan fingerprint density at radius 2 is 1.82 bits per heavy atom. The quantitative estimate of drug-likeness (QED) is 0.311. The average Bonchev–Trinajstić information content (AvgIpc) is 3.54. The smallest absolute Gasteiger partial charge is 0.251 e. The molecule has 0 radical (unpaired) electrons. The molecular weight excluding hydrogens is 476 g/mol. The van der Waals surface area contributed by atoms with Gasteiger partial charge in [-0.2, -0.15) is 10.2 Å². The number of nitrogens with zero attached hydrogens (tertiary/aromatic N) is 6. The summed E-state index contributed by atoms with van der Waals surface area (Å²) < 4.78 is 1.74. The lowest BCUT2D eigenvalue weighted by Gasteiger charge is -2.17. The summed E-state index contributed by atoms with van der Waals surface area (Å²) in [6.07, 6.45) is 6.87. The number of aryl methyl sites for hydroxylation is 3. The molecule has 0 aliphatic rings. The van der Waals surface area contributed by atoms with Gasteiger partial charge in [-0.1, -0.05) is 25.1 Å². The first-order valence-corrected chi connectivity index (χ1v) is 12.6. The summed E-state index contributed by atoms with van der Waals surface area (Å²) in [7, 11) is 0. The van der Waals surface area contributed by atoms with Crippen LogP contribution in [0.4, 0.5) is 0 Å². The SMILES string of the molecule is CC[C@@H](NC(=O)c1ccc(-c2nc(C)cc(Cc3cc(C)[nH]n3)n2)cc1)c1ccc(-n2cc(C)cn2)nc1. The van der Waals surface area contributed by atoms with E-state index in [1.54, 1.807) is 29.2 Å². The molecule has 2 N–H and O–H groups in total. The molecule has 9 nitrogen and oxygen atoms in total. The molecular formula is C29H30N8O. The van der Waals surface area contributed by atoms with Crippen molar-refractivity contribution < 1.29 is 4.79 Å². The van der Waals surface area contributed by atoms with Gasteiger partial charge in [-0.25, -0.2) is 19.6 Å². The molecule has 9 heteroatoms. The van der Waals surface area contributed by atoms with E-state index in [4.69, 9.17) is 4.98 Å². The molecule has 38 heavy (non-hydrogen) atoms. The van der Waals surface area contributed by atoms with Gasteiger partial charge < -0.3 is 5.32 Å². The third-order valence-electron chi connectivity index (χ3n) is 6.27. The fraction of sp³-hybridized carbons (Fsp3) is 0.241. The van der Waals surface area contributed by atoms with Crippen LogP contribution in [0.15, 0.2) is 67.1 Å². The van der Waals surface area contributed by atoms with Crippen molar-refractivity contribution in [1.82, 2.24) is 40.2 Å². The summed E-state index contributed by atoms with van der Waals surface area (Å²) >= 11 is 0. The second-order valence-electron chi connectivity index (χ2n) is 9.47. The number of hydrogen-bond donors (Lipinski definition) is 2. The molecule has 0 bridgehead atoms. The van der Waals surface area contributed by atoms with Crippen LogP contribution in [0.5, 0.6) is 0 Å². The lowest BCUT2D eigenvalue weighted by atomic mass is 10.1. The predicted octanol–water partition coefficient (Wildman–Crippen LogP) is 4.84. The van der Waals surface area contributed by atoms with Crippen molar-refractivity contribution in [3.8, 4) is 17.2 Å². The Hall–Kier alpha value is -4.66. The van der Waals surface area contributed by atoms with Crippen LogP contribution in [0.25, 0.3) is 17.2 Å². The first kappa shape index (κ1) is 25.0. The van der Waals surface area contributed by atoms with Crippen molar-refractivity contribution in [3.63, 3.8) is 0 Å². The normalized spacial score (nSPS) is 11.9. The van der Waals surface area contributed by atoms with Crippen LogP contribution < -0.4 is 5.32 Å². The van der Waals surface area contributed by atoms with Crippen LogP contribution in [-0.4, -0.2) is 40.8 Å². The number of carbonyl (C=O) groups excluding carboxylic acids is 1. The van der Waals surface area contributed by atoms with Crippen LogP contribution in [0.1, 0.15) is 63.6 Å². The predicted molar refractivity (Wildman–Crippen MR) is 145 cm³/mol. The monoisotopic (exact) mass is 506 g/mol. The molecule has 0 saturated heterocycles. The fourth-order valence-corrected chi connectivity index (χ4v) is 4.31. The molecule has 0 spiro atoms. The third kappa shape index (κ3) is 5.67. The Bertz CT molecular complexity index is 1550. The van der Waals surface area contributed by atoms with E-state index in [1.807, 2.05) is 70.3 Å². The van der Waals surface area contributed by atoms with Crippen molar-refractivity contribution in [2.24, 2.45) is 0 Å². The molecule has 0 fully saturated rings. The maximum atomic E-state index is 13.1. The summed E-state index contributed by atoms with van der Waals surface area (Å²) in [5.74, 6) is 1.22. The molecule has 1 amide bonds. The first-order chi connectivity index (χ1) is 18.4. The highest BCUT2D eigenvalue weighted by molar-refractivity contribution is 5.94. The highest BCUT2D eigenvalue weighted by atomic mass is 16.1. The number of nitrogens with one attached hydrogen (secondary N) is 2. The van der Waals surface area contributed by atoms with E-state index in [0.29, 0.717) is 17.8 Å². The molecule has 4 heterocycles. The van der Waals surface area contributed by atoms with Crippen molar-refractivity contribution in [3.05, 3.63) is 107 Å². The maximum Gasteiger partial charge on any atom is 0.251 e. The van der Waals surface area contributed by atoms with Gasteiger partial charge in [0.2, 0.25) is 0 Å². The summed E-state index contributed by atoms with van der Waals surface area (Å²) in [6, 6.07) is 15.1. The number of aromatic nitrogens is 7. The van der Waals surface area contributed by atoms with Gasteiger partial charge >= 0.3 is 0 Å². The Labute approximate surface area is 221 Å². The molecule has 0 unspecified atom stereocenters. The van der Waals surface area contributed by atoms with Crippen LogP contribution in [0.3, 0.4) is 0 Å². The van der Waals surface area contributed by atoms with Gasteiger partial charge in [0.05, 0.1) is 23.6 Å². The van der Waals surface area contributed by atoms with Crippen molar-refractivity contribution in [2.75, 3.05) is 0 Å². The highest BCUT2D eigenvalue weighted by Crippen LogP contribution is 2.21.